The molecule has 0 fully saturated rings. The number of carbonyl (C=O) groups excluding carboxylic acids is 1. The molecule has 0 bridgehead atoms. The van der Waals surface area contributed by atoms with Crippen molar-refractivity contribution in [3.8, 4) is 11.5 Å². The SMILES string of the molecule is C=Cc1cc(OC(=O)CC2=CC=C(CO[N+](=O)[O-])CC2)ccc1O. The van der Waals surface area contributed by atoms with Gasteiger partial charge in [-0.15, -0.1) is 10.1 Å². The maximum Gasteiger partial charge on any atom is 0.315 e. The lowest BCUT2D eigenvalue weighted by Gasteiger charge is -2.14. The minimum absolute atomic E-state index is 0.0565. The van der Waals surface area contributed by atoms with Crippen LogP contribution in [0.4, 0.5) is 0 Å². The van der Waals surface area contributed by atoms with E-state index in [2.05, 4.69) is 11.4 Å². The Balaban J connectivity index is 1.91. The molecule has 1 aliphatic carbocycles. The largest absolute Gasteiger partial charge is 0.507 e. The number of ether oxygens (including phenoxy) is 1. The van der Waals surface area contributed by atoms with Gasteiger partial charge in [0.05, 0.1) is 6.42 Å². The van der Waals surface area contributed by atoms with E-state index in [-0.39, 0.29) is 18.8 Å². The van der Waals surface area contributed by atoms with Crippen LogP contribution in [0.5, 0.6) is 11.5 Å². The molecule has 0 amide bonds. The number of esters is 1. The lowest BCUT2D eigenvalue weighted by molar-refractivity contribution is -0.755. The van der Waals surface area contributed by atoms with Gasteiger partial charge in [-0.25, -0.2) is 0 Å². The Labute approximate surface area is 138 Å². The van der Waals surface area contributed by atoms with E-state index in [4.69, 9.17) is 4.74 Å². The summed E-state index contributed by atoms with van der Waals surface area (Å²) in [4.78, 5) is 26.4. The van der Waals surface area contributed by atoms with Gasteiger partial charge in [-0.3, -0.25) is 4.79 Å². The second-order valence-electron chi connectivity index (χ2n) is 5.22. The maximum atomic E-state index is 12.0. The van der Waals surface area contributed by atoms with Gasteiger partial charge >= 0.3 is 5.97 Å². The molecule has 0 atom stereocenters. The summed E-state index contributed by atoms with van der Waals surface area (Å²) in [5.74, 6) is -0.0190. The van der Waals surface area contributed by atoms with Crippen molar-refractivity contribution in [3.63, 3.8) is 0 Å². The van der Waals surface area contributed by atoms with Crippen molar-refractivity contribution < 1.29 is 24.6 Å². The van der Waals surface area contributed by atoms with Crippen LogP contribution in [0, 0.1) is 10.1 Å². The second-order valence-corrected chi connectivity index (χ2v) is 5.22. The average molecular weight is 331 g/mol. The van der Waals surface area contributed by atoms with Gasteiger partial charge in [-0.05, 0) is 36.6 Å². The van der Waals surface area contributed by atoms with Gasteiger partial charge in [-0.2, -0.15) is 0 Å². The highest BCUT2D eigenvalue weighted by Crippen LogP contribution is 2.25. The van der Waals surface area contributed by atoms with Crippen LogP contribution in [0.1, 0.15) is 24.8 Å². The number of hydrogen-bond donors (Lipinski definition) is 1. The summed E-state index contributed by atoms with van der Waals surface area (Å²) in [5.41, 5.74) is 2.17. The molecule has 7 heteroatoms. The number of phenols is 1. The lowest BCUT2D eigenvalue weighted by Crippen LogP contribution is -2.11. The zero-order valence-electron chi connectivity index (χ0n) is 12.9. The molecular weight excluding hydrogens is 314 g/mol. The van der Waals surface area contributed by atoms with Crippen LogP contribution in [0.3, 0.4) is 0 Å². The van der Waals surface area contributed by atoms with E-state index in [0.717, 1.165) is 11.1 Å². The molecule has 0 spiro atoms. The number of allylic oxidation sites excluding steroid dienone is 2. The minimum Gasteiger partial charge on any atom is -0.507 e. The van der Waals surface area contributed by atoms with E-state index in [1.807, 2.05) is 0 Å². The third-order valence-corrected chi connectivity index (χ3v) is 3.50. The highest BCUT2D eigenvalue weighted by atomic mass is 16.9. The van der Waals surface area contributed by atoms with Crippen molar-refractivity contribution >= 4 is 12.0 Å². The Hall–Kier alpha value is -3.09. The van der Waals surface area contributed by atoms with E-state index < -0.39 is 11.1 Å². The first kappa shape index (κ1) is 17.3. The monoisotopic (exact) mass is 331 g/mol. The standard InChI is InChI=1S/C17H17NO6/c1-2-14-10-15(7-8-16(14)19)24-17(20)9-12-3-5-13(6-4-12)11-23-18(21)22/h2-3,5,7-8,10,19H,1,4,6,9,11H2. The Morgan fingerprint density at radius 2 is 2.04 bits per heavy atom. The zero-order chi connectivity index (χ0) is 17.5. The van der Waals surface area contributed by atoms with E-state index in [1.165, 1.54) is 24.3 Å². The predicted octanol–water partition coefficient (Wildman–Crippen LogP) is 3.19. The maximum absolute atomic E-state index is 12.0. The Bertz CT molecular complexity index is 720. The summed E-state index contributed by atoms with van der Waals surface area (Å²) < 4.78 is 5.25. The number of hydrogen-bond acceptors (Lipinski definition) is 6. The van der Waals surface area contributed by atoms with Crippen molar-refractivity contribution in [3.05, 3.63) is 63.8 Å². The minimum atomic E-state index is -0.827. The van der Waals surface area contributed by atoms with Gasteiger partial charge in [0, 0.05) is 5.56 Å². The number of nitrogens with zero attached hydrogens (tertiary/aromatic N) is 1. The van der Waals surface area contributed by atoms with Gasteiger partial charge in [0.2, 0.25) is 0 Å². The number of benzene rings is 1. The van der Waals surface area contributed by atoms with E-state index in [9.17, 15) is 20.0 Å². The topological polar surface area (TPSA) is 98.9 Å². The fourth-order valence-corrected chi connectivity index (χ4v) is 2.24. The molecule has 1 aliphatic rings. The van der Waals surface area contributed by atoms with Crippen LogP contribution in [0.15, 0.2) is 48.1 Å². The van der Waals surface area contributed by atoms with E-state index in [0.29, 0.717) is 24.2 Å². The number of aromatic hydroxyl groups is 1. The Morgan fingerprint density at radius 3 is 2.67 bits per heavy atom. The summed E-state index contributed by atoms with van der Waals surface area (Å²) in [6.45, 7) is 3.51. The third-order valence-electron chi connectivity index (χ3n) is 3.50. The lowest BCUT2D eigenvalue weighted by atomic mass is 9.97. The molecule has 0 saturated heterocycles. The number of rotatable bonds is 7. The van der Waals surface area contributed by atoms with E-state index in [1.54, 1.807) is 12.2 Å². The number of phenolic OH excluding ortho intramolecular Hbond substituents is 1. The van der Waals surface area contributed by atoms with Crippen LogP contribution in [-0.4, -0.2) is 22.8 Å². The quantitative estimate of drug-likeness (QED) is 0.356. The highest BCUT2D eigenvalue weighted by molar-refractivity contribution is 5.75. The number of carbonyl (C=O) groups is 1. The Kier molecular flexibility index (Phi) is 5.73. The summed E-state index contributed by atoms with van der Waals surface area (Å²) >= 11 is 0. The van der Waals surface area contributed by atoms with Crippen molar-refractivity contribution in [2.75, 3.05) is 6.61 Å². The van der Waals surface area contributed by atoms with Crippen molar-refractivity contribution in [1.82, 2.24) is 0 Å². The first-order valence-corrected chi connectivity index (χ1v) is 7.29. The molecule has 0 saturated carbocycles. The summed E-state index contributed by atoms with van der Waals surface area (Å²) in [6.07, 6.45) is 6.31. The van der Waals surface area contributed by atoms with Crippen LogP contribution >= 0.6 is 0 Å². The van der Waals surface area contributed by atoms with Crippen LogP contribution in [0.2, 0.25) is 0 Å². The van der Waals surface area contributed by atoms with Crippen molar-refractivity contribution in [2.24, 2.45) is 0 Å². The molecule has 126 valence electrons. The molecular formula is C17H17NO6. The van der Waals surface area contributed by atoms with Crippen LogP contribution in [0.25, 0.3) is 6.08 Å². The molecule has 1 aromatic carbocycles. The molecule has 0 unspecified atom stereocenters. The summed E-state index contributed by atoms with van der Waals surface area (Å²) in [6, 6.07) is 4.47. The molecule has 2 rings (SSSR count). The van der Waals surface area contributed by atoms with E-state index >= 15 is 0 Å². The smallest absolute Gasteiger partial charge is 0.315 e. The molecule has 0 aromatic heterocycles. The van der Waals surface area contributed by atoms with Gasteiger partial charge in [0.1, 0.15) is 18.1 Å². The summed E-state index contributed by atoms with van der Waals surface area (Å²) in [5, 5.41) is 18.9. The van der Waals surface area contributed by atoms with Gasteiger partial charge in [0.25, 0.3) is 5.09 Å². The van der Waals surface area contributed by atoms with Crippen molar-refractivity contribution in [2.45, 2.75) is 19.3 Å². The predicted molar refractivity (Wildman–Crippen MR) is 86.8 cm³/mol. The van der Waals surface area contributed by atoms with Crippen LogP contribution < -0.4 is 4.74 Å². The molecule has 1 aromatic rings. The second kappa shape index (κ2) is 7.96. The molecule has 0 aliphatic heterocycles. The van der Waals surface area contributed by atoms with Gasteiger partial charge in [0.15, 0.2) is 0 Å². The van der Waals surface area contributed by atoms with Gasteiger partial charge in [-0.1, -0.05) is 30.4 Å². The molecule has 0 heterocycles. The average Bonchev–Trinajstić information content (AvgIpc) is 2.56. The molecule has 7 nitrogen and oxygen atoms in total. The fourth-order valence-electron chi connectivity index (χ4n) is 2.24. The Morgan fingerprint density at radius 1 is 1.33 bits per heavy atom. The third kappa shape index (κ3) is 4.98. The normalized spacial score (nSPS) is 13.5. The first-order chi connectivity index (χ1) is 11.5. The fraction of sp³-hybridized carbons (Fsp3) is 0.235. The molecule has 1 N–H and O–H groups in total. The van der Waals surface area contributed by atoms with Crippen LogP contribution in [-0.2, 0) is 9.63 Å². The first-order valence-electron chi connectivity index (χ1n) is 7.29. The summed E-state index contributed by atoms with van der Waals surface area (Å²) in [7, 11) is 0. The zero-order valence-corrected chi connectivity index (χ0v) is 12.9. The highest BCUT2D eigenvalue weighted by Gasteiger charge is 2.13. The molecule has 24 heavy (non-hydrogen) atoms. The molecule has 0 radical (unpaired) electrons. The van der Waals surface area contributed by atoms with Gasteiger partial charge < -0.3 is 14.7 Å². The van der Waals surface area contributed by atoms with Crippen molar-refractivity contribution in [1.29, 1.82) is 0 Å².